The van der Waals surface area contributed by atoms with Crippen molar-refractivity contribution in [1.82, 2.24) is 0 Å². The van der Waals surface area contributed by atoms with Crippen LogP contribution in [0, 0.1) is 0 Å². The van der Waals surface area contributed by atoms with Crippen LogP contribution in [0.25, 0.3) is 0 Å². The Hall–Kier alpha value is 0.841. The lowest BCUT2D eigenvalue weighted by Gasteiger charge is -2.66. The fraction of sp³-hybridized carbons (Fsp3) is 0.913. The van der Waals surface area contributed by atoms with Crippen molar-refractivity contribution in [1.29, 1.82) is 0 Å². The minimum absolute atomic E-state index is 0.0837. The van der Waals surface area contributed by atoms with Gasteiger partial charge in [-0.2, -0.15) is 0 Å². The van der Waals surface area contributed by atoms with E-state index in [4.69, 9.17) is 21.5 Å². The standard InChI is InChI=1S/C23H56O5Si6/c1-17-24-29(25-20-21(2)3)34(16)19-18-23(22(4,5)26-34,32(12,13)27-30(6,7)8)33(14,15)28-31(9,10)11/h29H,2,17-20H2,1,3-16H3. The third-order valence-electron chi connectivity index (χ3n) is 6.99. The molecule has 0 aromatic heterocycles. The predicted molar refractivity (Wildman–Crippen MR) is 162 cm³/mol. The van der Waals surface area contributed by atoms with Gasteiger partial charge in [-0.15, -0.1) is 0 Å². The van der Waals surface area contributed by atoms with Crippen molar-refractivity contribution in [3.8, 4) is 0 Å². The maximum Gasteiger partial charge on any atom is 0.333 e. The molecule has 1 aliphatic heterocycles. The lowest BCUT2D eigenvalue weighted by molar-refractivity contribution is 0.0386. The van der Waals surface area contributed by atoms with E-state index in [-0.39, 0.29) is 10.3 Å². The van der Waals surface area contributed by atoms with Gasteiger partial charge < -0.3 is 21.5 Å². The summed E-state index contributed by atoms with van der Waals surface area (Å²) in [6.07, 6.45) is 1.09. The lowest BCUT2D eigenvalue weighted by atomic mass is 10.0. The van der Waals surface area contributed by atoms with Crippen molar-refractivity contribution in [2.45, 2.75) is 122 Å². The molecule has 0 radical (unpaired) electrons. The van der Waals surface area contributed by atoms with Crippen LogP contribution in [0.4, 0.5) is 0 Å². The van der Waals surface area contributed by atoms with Crippen molar-refractivity contribution >= 4 is 49.9 Å². The summed E-state index contributed by atoms with van der Waals surface area (Å²) >= 11 is 0. The topological polar surface area (TPSA) is 46.2 Å². The SMILES string of the molecule is C=C(C)CO[SiH](OCC)[Si]1(C)CCC([Si](C)(C)O[Si](C)(C)C)([Si](C)(C)O[Si](C)(C)C)C(C)(C)O1. The molecular weight excluding hydrogens is 525 g/mol. The summed E-state index contributed by atoms with van der Waals surface area (Å²) in [5, 5.41) is 0. The smallest absolute Gasteiger partial charge is 0.333 e. The number of hydrogen-bond acceptors (Lipinski definition) is 5. The van der Waals surface area contributed by atoms with Gasteiger partial charge in [0, 0.05) is 11.3 Å². The molecule has 0 saturated carbocycles. The molecule has 0 N–H and O–H groups in total. The van der Waals surface area contributed by atoms with E-state index in [2.05, 4.69) is 99.4 Å². The predicted octanol–water partition coefficient (Wildman–Crippen LogP) is 7.08. The van der Waals surface area contributed by atoms with Crippen LogP contribution >= 0.6 is 0 Å². The van der Waals surface area contributed by atoms with E-state index >= 15 is 0 Å². The summed E-state index contributed by atoms with van der Waals surface area (Å²) in [6.45, 7) is 40.1. The molecule has 2 atom stereocenters. The second kappa shape index (κ2) is 10.9. The van der Waals surface area contributed by atoms with Crippen molar-refractivity contribution in [3.05, 3.63) is 12.2 Å². The highest BCUT2D eigenvalue weighted by atomic mass is 29.3. The quantitative estimate of drug-likeness (QED) is 0.182. The molecule has 0 aliphatic carbocycles. The fourth-order valence-corrected chi connectivity index (χ4v) is 41.8. The monoisotopic (exact) mass is 580 g/mol. The molecule has 1 heterocycles. The van der Waals surface area contributed by atoms with Gasteiger partial charge in [0.25, 0.3) is 0 Å². The first-order valence-corrected chi connectivity index (χ1v) is 30.9. The highest BCUT2D eigenvalue weighted by Gasteiger charge is 2.72. The zero-order chi connectivity index (χ0) is 27.0. The van der Waals surface area contributed by atoms with Crippen LogP contribution in [0.1, 0.15) is 34.1 Å². The van der Waals surface area contributed by atoms with E-state index < -0.39 is 49.9 Å². The Bertz CT molecular complexity index is 686. The first kappa shape index (κ1) is 32.9. The summed E-state index contributed by atoms with van der Waals surface area (Å²) in [7, 11) is -12.3. The zero-order valence-electron chi connectivity index (χ0n) is 25.2. The minimum Gasteiger partial charge on any atom is -0.455 e. The molecule has 1 fully saturated rings. The van der Waals surface area contributed by atoms with Gasteiger partial charge in [0.1, 0.15) is 0 Å². The molecule has 1 rings (SSSR count). The highest BCUT2D eigenvalue weighted by molar-refractivity contribution is 7.25. The third-order valence-corrected chi connectivity index (χ3v) is 34.9. The summed E-state index contributed by atoms with van der Waals surface area (Å²) in [6, 6.07) is 1.04. The van der Waals surface area contributed by atoms with E-state index in [1.807, 2.05) is 6.92 Å². The Kier molecular flexibility index (Phi) is 10.5. The average molecular weight is 581 g/mol. The molecule has 0 aromatic carbocycles. The maximum atomic E-state index is 7.39. The Morgan fingerprint density at radius 3 is 1.68 bits per heavy atom. The van der Waals surface area contributed by atoms with Crippen LogP contribution in [0.2, 0.25) is 82.7 Å². The van der Waals surface area contributed by atoms with Crippen LogP contribution in [-0.4, -0.2) is 68.7 Å². The van der Waals surface area contributed by atoms with E-state index in [9.17, 15) is 0 Å². The van der Waals surface area contributed by atoms with Crippen molar-refractivity contribution in [3.63, 3.8) is 0 Å². The van der Waals surface area contributed by atoms with Gasteiger partial charge in [0.05, 0.1) is 12.2 Å². The molecule has 1 saturated heterocycles. The second-order valence-electron chi connectivity index (χ2n) is 13.8. The van der Waals surface area contributed by atoms with Gasteiger partial charge in [-0.25, -0.2) is 0 Å². The molecule has 0 bridgehead atoms. The van der Waals surface area contributed by atoms with Gasteiger partial charge in [-0.3, -0.25) is 0 Å². The Balaban J connectivity index is 3.63. The second-order valence-corrected chi connectivity index (χ2v) is 41.9. The molecular formula is C23H56O5Si6. The molecule has 0 amide bonds. The Morgan fingerprint density at radius 2 is 1.35 bits per heavy atom. The normalized spacial score (nSPS) is 24.7. The summed E-state index contributed by atoms with van der Waals surface area (Å²) < 4.78 is 34.4. The molecule has 1 aliphatic rings. The number of hydrogen-bond donors (Lipinski definition) is 0. The molecule has 11 heteroatoms. The molecule has 202 valence electrons. The maximum absolute atomic E-state index is 7.39. The third kappa shape index (κ3) is 7.45. The summed E-state index contributed by atoms with van der Waals surface area (Å²) in [5.74, 6) is 0. The van der Waals surface area contributed by atoms with E-state index in [0.29, 0.717) is 13.2 Å². The highest BCUT2D eigenvalue weighted by Crippen LogP contribution is 2.64. The van der Waals surface area contributed by atoms with Crippen LogP contribution in [0.3, 0.4) is 0 Å². The van der Waals surface area contributed by atoms with Gasteiger partial charge in [-0.05, 0) is 112 Å². The lowest BCUT2D eigenvalue weighted by Crippen LogP contribution is -2.76. The summed E-state index contributed by atoms with van der Waals surface area (Å²) in [4.78, 5) is 0. The van der Waals surface area contributed by atoms with Gasteiger partial charge in [-0.1, -0.05) is 12.2 Å². The van der Waals surface area contributed by atoms with Crippen LogP contribution in [0.15, 0.2) is 12.2 Å². The van der Waals surface area contributed by atoms with E-state index in [1.165, 1.54) is 0 Å². The number of rotatable bonds is 12. The van der Waals surface area contributed by atoms with Gasteiger partial charge in [0.15, 0.2) is 33.3 Å². The molecule has 0 aromatic rings. The molecule has 0 spiro atoms. The first-order valence-electron chi connectivity index (χ1n) is 12.9. The molecule has 5 nitrogen and oxygen atoms in total. The van der Waals surface area contributed by atoms with Crippen LogP contribution < -0.4 is 0 Å². The van der Waals surface area contributed by atoms with Crippen LogP contribution in [0.5, 0.6) is 0 Å². The molecule has 34 heavy (non-hydrogen) atoms. The van der Waals surface area contributed by atoms with Crippen molar-refractivity contribution in [2.24, 2.45) is 0 Å². The average Bonchev–Trinajstić information content (AvgIpc) is 2.52. The van der Waals surface area contributed by atoms with E-state index in [0.717, 1.165) is 18.0 Å². The Labute approximate surface area is 218 Å². The fourth-order valence-electron chi connectivity index (χ4n) is 6.88. The van der Waals surface area contributed by atoms with Gasteiger partial charge in [0.2, 0.25) is 7.83 Å². The van der Waals surface area contributed by atoms with Crippen molar-refractivity contribution in [2.75, 3.05) is 13.2 Å². The molecule has 2 unspecified atom stereocenters. The van der Waals surface area contributed by atoms with Crippen molar-refractivity contribution < 1.29 is 21.5 Å². The largest absolute Gasteiger partial charge is 0.455 e. The zero-order valence-corrected chi connectivity index (χ0v) is 31.3. The minimum atomic E-state index is -2.27. The Morgan fingerprint density at radius 1 is 0.912 bits per heavy atom. The van der Waals surface area contributed by atoms with E-state index in [1.54, 1.807) is 0 Å². The van der Waals surface area contributed by atoms with Crippen LogP contribution in [-0.2, 0) is 21.5 Å². The summed E-state index contributed by atoms with van der Waals surface area (Å²) in [5.41, 5.74) is 0.666. The first-order chi connectivity index (χ1) is 15.0. The van der Waals surface area contributed by atoms with Gasteiger partial charge >= 0.3 is 8.80 Å².